The van der Waals surface area contributed by atoms with Crippen LogP contribution in [0, 0.1) is 17.3 Å². The quantitative estimate of drug-likeness (QED) is 0.784. The number of hydrogen-bond acceptors (Lipinski definition) is 2. The summed E-state index contributed by atoms with van der Waals surface area (Å²) < 4.78 is 44.7. The van der Waals surface area contributed by atoms with Crippen molar-refractivity contribution in [3.63, 3.8) is 0 Å². The number of hydrogen-bond donors (Lipinski definition) is 0. The molecule has 0 bridgehead atoms. The highest BCUT2D eigenvalue weighted by Gasteiger charge is 2.66. The minimum absolute atomic E-state index is 0.00743. The van der Waals surface area contributed by atoms with Crippen LogP contribution < -0.4 is 0 Å². The summed E-state index contributed by atoms with van der Waals surface area (Å²) in [7, 11) is 0. The lowest BCUT2D eigenvalue weighted by Gasteiger charge is -2.44. The van der Waals surface area contributed by atoms with Gasteiger partial charge in [0.05, 0.1) is 12.5 Å². The molecule has 2 aliphatic carbocycles. The van der Waals surface area contributed by atoms with Gasteiger partial charge in [0.2, 0.25) is 5.91 Å². The third kappa shape index (κ3) is 2.57. The zero-order chi connectivity index (χ0) is 17.2. The third-order valence-corrected chi connectivity index (χ3v) is 6.43. The Kier molecular flexibility index (Phi) is 3.79. The van der Waals surface area contributed by atoms with Gasteiger partial charge in [0.25, 0.3) is 0 Å². The van der Waals surface area contributed by atoms with Crippen molar-refractivity contribution in [1.29, 1.82) is 0 Å². The average Bonchev–Trinajstić information content (AvgIpc) is 2.71. The molecular formula is C17H26F3NO2. The van der Waals surface area contributed by atoms with Crippen LogP contribution in [-0.4, -0.2) is 41.3 Å². The van der Waals surface area contributed by atoms with Gasteiger partial charge >= 0.3 is 6.18 Å². The molecule has 3 nitrogen and oxygen atoms in total. The number of piperidine rings is 1. The summed E-state index contributed by atoms with van der Waals surface area (Å²) in [4.78, 5) is 14.3. The summed E-state index contributed by atoms with van der Waals surface area (Å²) >= 11 is 0. The summed E-state index contributed by atoms with van der Waals surface area (Å²) in [6.45, 7) is 8.79. The smallest absolute Gasteiger partial charge is 0.362 e. The highest BCUT2D eigenvalue weighted by atomic mass is 19.4. The van der Waals surface area contributed by atoms with Gasteiger partial charge in [-0.05, 0) is 50.4 Å². The fourth-order valence-corrected chi connectivity index (χ4v) is 4.75. The minimum Gasteiger partial charge on any atom is -0.362 e. The van der Waals surface area contributed by atoms with Crippen LogP contribution >= 0.6 is 0 Å². The molecule has 1 amide bonds. The molecule has 0 radical (unpaired) electrons. The largest absolute Gasteiger partial charge is 0.417 e. The molecule has 0 aromatic carbocycles. The number of likely N-dealkylation sites (tertiary alicyclic amines) is 1. The van der Waals surface area contributed by atoms with Crippen molar-refractivity contribution in [2.45, 2.75) is 77.3 Å². The molecule has 3 fully saturated rings. The fraction of sp³-hybridized carbons (Fsp3) is 0.941. The standard InChI is InChI=1S/C17H26F3NO2/c1-10(23-16(6-5-7-16)17(18,19)20)8-13(22)21-9-12-14(11(21)2)15(12,3)4/h10-12,14H,5-9H2,1-4H3/t10-,11-,12?,14?/m1/s1. The Labute approximate surface area is 135 Å². The number of halogens is 3. The number of carbonyl (C=O) groups is 1. The van der Waals surface area contributed by atoms with E-state index >= 15 is 0 Å². The summed E-state index contributed by atoms with van der Waals surface area (Å²) in [5, 5.41) is 0. The fourth-order valence-electron chi connectivity index (χ4n) is 4.75. The van der Waals surface area contributed by atoms with E-state index in [0.717, 1.165) is 6.54 Å². The number of alkyl halides is 3. The molecule has 2 saturated carbocycles. The van der Waals surface area contributed by atoms with Crippen LogP contribution in [0.3, 0.4) is 0 Å². The monoisotopic (exact) mass is 333 g/mol. The highest BCUT2D eigenvalue weighted by molar-refractivity contribution is 5.77. The molecule has 1 aliphatic heterocycles. The molecular weight excluding hydrogens is 307 g/mol. The number of carbonyl (C=O) groups excluding carboxylic acids is 1. The average molecular weight is 333 g/mol. The predicted octanol–water partition coefficient (Wildman–Crippen LogP) is 3.77. The van der Waals surface area contributed by atoms with Crippen molar-refractivity contribution < 1.29 is 22.7 Å². The lowest BCUT2D eigenvalue weighted by Crippen LogP contribution is -2.55. The van der Waals surface area contributed by atoms with Crippen molar-refractivity contribution in [3.05, 3.63) is 0 Å². The Morgan fingerprint density at radius 1 is 1.35 bits per heavy atom. The molecule has 3 rings (SSSR count). The zero-order valence-electron chi connectivity index (χ0n) is 14.2. The summed E-state index contributed by atoms with van der Waals surface area (Å²) in [6.07, 6.45) is -4.48. The molecule has 0 N–H and O–H groups in total. The maximum Gasteiger partial charge on any atom is 0.417 e. The minimum atomic E-state index is -4.35. The molecule has 0 spiro atoms. The van der Waals surface area contributed by atoms with E-state index in [9.17, 15) is 18.0 Å². The third-order valence-electron chi connectivity index (χ3n) is 6.43. The Morgan fingerprint density at radius 2 is 1.96 bits per heavy atom. The van der Waals surface area contributed by atoms with Crippen LogP contribution in [0.15, 0.2) is 0 Å². The lowest BCUT2D eigenvalue weighted by molar-refractivity contribution is -0.315. The number of nitrogens with zero attached hydrogens (tertiary/aromatic N) is 1. The van der Waals surface area contributed by atoms with Gasteiger partial charge in [0.1, 0.15) is 0 Å². The maximum atomic E-state index is 13.1. The second-order valence-electron chi connectivity index (χ2n) is 8.22. The van der Waals surface area contributed by atoms with Crippen molar-refractivity contribution in [3.8, 4) is 0 Å². The van der Waals surface area contributed by atoms with Crippen LogP contribution in [0.2, 0.25) is 0 Å². The van der Waals surface area contributed by atoms with E-state index in [2.05, 4.69) is 13.8 Å². The second kappa shape index (κ2) is 5.11. The van der Waals surface area contributed by atoms with Crippen LogP contribution in [0.5, 0.6) is 0 Å². The SMILES string of the molecule is C[C@H](CC(=O)N1CC2C([C@H]1C)C2(C)C)OC1(C(F)(F)F)CCC1. The molecule has 0 aromatic heterocycles. The molecule has 4 atom stereocenters. The molecule has 2 unspecified atom stereocenters. The van der Waals surface area contributed by atoms with Crippen molar-refractivity contribution in [2.75, 3.05) is 6.54 Å². The topological polar surface area (TPSA) is 29.5 Å². The number of rotatable bonds is 4. The van der Waals surface area contributed by atoms with Crippen molar-refractivity contribution >= 4 is 5.91 Å². The summed E-state index contributed by atoms with van der Waals surface area (Å²) in [5.41, 5.74) is -1.72. The van der Waals surface area contributed by atoms with Gasteiger partial charge in [0.15, 0.2) is 5.60 Å². The van der Waals surface area contributed by atoms with E-state index in [0.29, 0.717) is 23.7 Å². The van der Waals surface area contributed by atoms with E-state index < -0.39 is 17.9 Å². The first-order chi connectivity index (χ1) is 10.5. The number of fused-ring (bicyclic) bond motifs is 1. The molecule has 1 heterocycles. The van der Waals surface area contributed by atoms with E-state index in [4.69, 9.17) is 4.74 Å². The molecule has 3 aliphatic rings. The Bertz CT molecular complexity index is 499. The van der Waals surface area contributed by atoms with Gasteiger partial charge in [-0.2, -0.15) is 13.2 Å². The van der Waals surface area contributed by atoms with E-state index in [1.54, 1.807) is 6.92 Å². The van der Waals surface area contributed by atoms with Crippen LogP contribution in [0.25, 0.3) is 0 Å². The van der Waals surface area contributed by atoms with Gasteiger partial charge in [-0.1, -0.05) is 13.8 Å². The molecule has 132 valence electrons. The number of ether oxygens (including phenoxy) is 1. The Morgan fingerprint density at radius 3 is 2.35 bits per heavy atom. The Hall–Kier alpha value is -0.780. The molecule has 23 heavy (non-hydrogen) atoms. The second-order valence-corrected chi connectivity index (χ2v) is 8.22. The van der Waals surface area contributed by atoms with Crippen molar-refractivity contribution in [1.82, 2.24) is 4.90 Å². The van der Waals surface area contributed by atoms with Gasteiger partial charge in [0, 0.05) is 12.6 Å². The van der Waals surface area contributed by atoms with E-state index in [1.807, 2.05) is 11.8 Å². The van der Waals surface area contributed by atoms with Crippen LogP contribution in [0.1, 0.15) is 53.4 Å². The predicted molar refractivity (Wildman–Crippen MR) is 79.7 cm³/mol. The number of amides is 1. The normalized spacial score (nSPS) is 35.4. The van der Waals surface area contributed by atoms with Crippen molar-refractivity contribution in [2.24, 2.45) is 17.3 Å². The van der Waals surface area contributed by atoms with E-state index in [-0.39, 0.29) is 31.2 Å². The molecule has 1 saturated heterocycles. The van der Waals surface area contributed by atoms with Crippen LogP contribution in [0.4, 0.5) is 13.2 Å². The van der Waals surface area contributed by atoms with Gasteiger partial charge in [-0.25, -0.2) is 0 Å². The first-order valence-electron chi connectivity index (χ1n) is 8.53. The first-order valence-corrected chi connectivity index (χ1v) is 8.53. The first kappa shape index (κ1) is 17.1. The van der Waals surface area contributed by atoms with Gasteiger partial charge < -0.3 is 9.64 Å². The molecule has 6 heteroatoms. The zero-order valence-corrected chi connectivity index (χ0v) is 14.2. The van der Waals surface area contributed by atoms with Gasteiger partial charge in [-0.15, -0.1) is 0 Å². The Balaban J connectivity index is 1.55. The van der Waals surface area contributed by atoms with Gasteiger partial charge in [-0.3, -0.25) is 4.79 Å². The van der Waals surface area contributed by atoms with Crippen LogP contribution in [-0.2, 0) is 9.53 Å². The lowest BCUT2D eigenvalue weighted by atomic mass is 9.79. The van der Waals surface area contributed by atoms with E-state index in [1.165, 1.54) is 0 Å². The maximum absolute atomic E-state index is 13.1. The highest BCUT2D eigenvalue weighted by Crippen LogP contribution is 2.64. The summed E-state index contributed by atoms with van der Waals surface area (Å²) in [5.74, 6) is 0.978. The summed E-state index contributed by atoms with van der Waals surface area (Å²) in [6, 6.07) is 0.176. The molecule has 0 aromatic rings.